The summed E-state index contributed by atoms with van der Waals surface area (Å²) in [5, 5.41) is 0.0491. The van der Waals surface area contributed by atoms with Crippen molar-refractivity contribution in [2.24, 2.45) is 5.92 Å². The molecule has 1 aromatic rings. The highest BCUT2D eigenvalue weighted by atomic mass is 28.4. The average molecular weight is 450 g/mol. The van der Waals surface area contributed by atoms with Crippen molar-refractivity contribution >= 4 is 20.1 Å². The van der Waals surface area contributed by atoms with Crippen LogP contribution in [-0.4, -0.2) is 43.2 Å². The first-order chi connectivity index (χ1) is 14.4. The third-order valence-corrected chi connectivity index (χ3v) is 11.0. The summed E-state index contributed by atoms with van der Waals surface area (Å²) in [5.41, 5.74) is 5.83. The molecule has 31 heavy (non-hydrogen) atoms. The maximum absolute atomic E-state index is 12.3. The molecule has 0 radical (unpaired) electrons. The van der Waals surface area contributed by atoms with Gasteiger partial charge in [-0.05, 0) is 54.8 Å². The summed E-state index contributed by atoms with van der Waals surface area (Å²) >= 11 is 0. The van der Waals surface area contributed by atoms with E-state index < -0.39 is 32.3 Å². The molecule has 0 fully saturated rings. The van der Waals surface area contributed by atoms with Gasteiger partial charge in [-0.3, -0.25) is 4.57 Å². The van der Waals surface area contributed by atoms with Gasteiger partial charge >= 0.3 is 11.7 Å². The highest BCUT2D eigenvalue weighted by Gasteiger charge is 2.44. The number of hydrogen-bond acceptors (Lipinski definition) is 7. The molecule has 0 amide bonds. The summed E-state index contributed by atoms with van der Waals surface area (Å²) in [5.74, 6) is 0.173. The fourth-order valence-corrected chi connectivity index (χ4v) is 5.47. The summed E-state index contributed by atoms with van der Waals surface area (Å²) in [7, 11) is -2.09. The Morgan fingerprint density at radius 1 is 1.42 bits per heavy atom. The van der Waals surface area contributed by atoms with Crippen molar-refractivity contribution in [1.82, 2.24) is 9.55 Å². The van der Waals surface area contributed by atoms with Gasteiger partial charge in [-0.25, -0.2) is 9.59 Å². The minimum Gasteiger partial charge on any atom is -0.463 e. The van der Waals surface area contributed by atoms with Gasteiger partial charge in [-0.15, -0.1) is 0 Å². The monoisotopic (exact) mass is 449 g/mol. The topological polar surface area (TPSA) is 106 Å². The number of aromatic nitrogens is 2. The SMILES string of the molecule is CCOC(=O)/C=C/C1=C[C@@H](n2ccc(N)nc2=O)O[C@H]1CO[Si](C)(C)C(C)(C)C(C)C. The maximum Gasteiger partial charge on any atom is 0.351 e. The van der Waals surface area contributed by atoms with Crippen molar-refractivity contribution in [2.75, 3.05) is 18.9 Å². The lowest BCUT2D eigenvalue weighted by molar-refractivity contribution is -0.137. The van der Waals surface area contributed by atoms with Crippen molar-refractivity contribution in [2.45, 2.75) is 65.1 Å². The van der Waals surface area contributed by atoms with Gasteiger partial charge in [0.05, 0.1) is 13.2 Å². The molecular weight excluding hydrogens is 414 g/mol. The smallest absolute Gasteiger partial charge is 0.351 e. The van der Waals surface area contributed by atoms with E-state index in [1.165, 1.54) is 16.7 Å². The van der Waals surface area contributed by atoms with E-state index in [2.05, 4.69) is 45.8 Å². The Morgan fingerprint density at radius 2 is 2.10 bits per heavy atom. The van der Waals surface area contributed by atoms with Gasteiger partial charge in [0.25, 0.3) is 0 Å². The Labute approximate surface area is 185 Å². The van der Waals surface area contributed by atoms with Gasteiger partial charge in [-0.2, -0.15) is 4.98 Å². The van der Waals surface area contributed by atoms with Crippen molar-refractivity contribution < 1.29 is 18.7 Å². The first-order valence-electron chi connectivity index (χ1n) is 10.6. The predicted molar refractivity (Wildman–Crippen MR) is 123 cm³/mol. The van der Waals surface area contributed by atoms with E-state index in [4.69, 9.17) is 19.6 Å². The molecule has 2 rings (SSSR count). The van der Waals surface area contributed by atoms with Crippen molar-refractivity contribution in [3.63, 3.8) is 0 Å². The molecule has 0 aliphatic carbocycles. The molecule has 2 heterocycles. The summed E-state index contributed by atoms with van der Waals surface area (Å²) < 4.78 is 18.9. The van der Waals surface area contributed by atoms with Crippen molar-refractivity contribution in [1.29, 1.82) is 0 Å². The highest BCUT2D eigenvalue weighted by Crippen LogP contribution is 2.45. The molecule has 0 bridgehead atoms. The molecule has 0 unspecified atom stereocenters. The van der Waals surface area contributed by atoms with Crippen LogP contribution < -0.4 is 11.4 Å². The molecule has 8 nitrogen and oxygen atoms in total. The number of carbonyl (C=O) groups excluding carboxylic acids is 1. The molecule has 1 aliphatic heterocycles. The fourth-order valence-electron chi connectivity index (χ4n) is 3.14. The Balaban J connectivity index is 2.26. The van der Waals surface area contributed by atoms with Crippen LogP contribution in [0, 0.1) is 5.92 Å². The van der Waals surface area contributed by atoms with Crippen LogP contribution in [0.3, 0.4) is 0 Å². The van der Waals surface area contributed by atoms with E-state index in [0.29, 0.717) is 19.1 Å². The third kappa shape index (κ3) is 5.93. The van der Waals surface area contributed by atoms with Gasteiger partial charge < -0.3 is 19.6 Å². The van der Waals surface area contributed by atoms with E-state index >= 15 is 0 Å². The Hall–Kier alpha value is -2.23. The summed E-state index contributed by atoms with van der Waals surface area (Å²) in [6.45, 7) is 15.6. The minimum absolute atomic E-state index is 0.0491. The van der Waals surface area contributed by atoms with E-state index in [0.717, 1.165) is 5.57 Å². The number of nitrogen functional groups attached to an aromatic ring is 1. The van der Waals surface area contributed by atoms with Crippen LogP contribution in [0.2, 0.25) is 18.1 Å². The van der Waals surface area contributed by atoms with Gasteiger partial charge in [0.2, 0.25) is 0 Å². The van der Waals surface area contributed by atoms with E-state index in [9.17, 15) is 9.59 Å². The molecular formula is C22H35N3O5Si. The molecule has 172 valence electrons. The number of anilines is 1. The molecule has 2 N–H and O–H groups in total. The zero-order valence-corrected chi connectivity index (χ0v) is 20.5. The molecule has 9 heteroatoms. The van der Waals surface area contributed by atoms with Crippen LogP contribution in [0.1, 0.15) is 40.8 Å². The van der Waals surface area contributed by atoms with Crippen LogP contribution in [0.25, 0.3) is 0 Å². The molecule has 0 saturated heterocycles. The molecule has 0 saturated carbocycles. The van der Waals surface area contributed by atoms with Crippen LogP contribution in [0.4, 0.5) is 5.82 Å². The second kappa shape index (κ2) is 9.93. The predicted octanol–water partition coefficient (Wildman–Crippen LogP) is 3.43. The summed E-state index contributed by atoms with van der Waals surface area (Å²) in [6, 6.07) is 1.54. The lowest BCUT2D eigenvalue weighted by Gasteiger charge is -2.43. The number of hydrogen-bond donors (Lipinski definition) is 1. The summed E-state index contributed by atoms with van der Waals surface area (Å²) in [6.07, 6.45) is 5.24. The highest BCUT2D eigenvalue weighted by molar-refractivity contribution is 6.74. The van der Waals surface area contributed by atoms with E-state index in [1.54, 1.807) is 25.3 Å². The second-order valence-corrected chi connectivity index (χ2v) is 13.6. The van der Waals surface area contributed by atoms with Gasteiger partial charge in [0, 0.05) is 12.3 Å². The largest absolute Gasteiger partial charge is 0.463 e. The lowest BCUT2D eigenvalue weighted by atomic mass is 9.99. The zero-order chi connectivity index (χ0) is 23.4. The first-order valence-corrected chi connectivity index (χ1v) is 13.5. The number of carbonyl (C=O) groups is 1. The Kier molecular flexibility index (Phi) is 8.02. The molecule has 1 aromatic heterocycles. The number of ether oxygens (including phenoxy) is 2. The fraction of sp³-hybridized carbons (Fsp3) is 0.591. The number of nitrogens with two attached hydrogens (primary N) is 1. The molecule has 2 atom stereocenters. The van der Waals surface area contributed by atoms with Gasteiger partial charge in [0.15, 0.2) is 14.5 Å². The minimum atomic E-state index is -2.09. The standard InChI is InChI=1S/C22H35N3O5Si/c1-8-28-20(26)10-9-16-13-19(25-12-11-18(23)24-21(25)27)30-17(16)14-29-31(6,7)22(4,5)15(2)3/h9-13,15,17,19H,8,14H2,1-7H3,(H2,23,24,27)/b10-9+/t17-,19-/m0/s1. The maximum atomic E-state index is 12.3. The molecule has 0 spiro atoms. The van der Waals surface area contributed by atoms with E-state index in [1.807, 2.05) is 0 Å². The van der Waals surface area contributed by atoms with Gasteiger partial charge in [-0.1, -0.05) is 27.7 Å². The Morgan fingerprint density at radius 3 is 2.68 bits per heavy atom. The van der Waals surface area contributed by atoms with Crippen molar-refractivity contribution in [3.05, 3.63) is 46.5 Å². The van der Waals surface area contributed by atoms with Crippen LogP contribution in [-0.2, 0) is 18.7 Å². The normalized spacial score (nSPS) is 19.8. The zero-order valence-electron chi connectivity index (χ0n) is 19.5. The van der Waals surface area contributed by atoms with Gasteiger partial charge in [0.1, 0.15) is 11.9 Å². The average Bonchev–Trinajstić information content (AvgIpc) is 3.07. The van der Waals surface area contributed by atoms with Crippen LogP contribution >= 0.6 is 0 Å². The number of rotatable bonds is 9. The summed E-state index contributed by atoms with van der Waals surface area (Å²) in [4.78, 5) is 27.8. The second-order valence-electron chi connectivity index (χ2n) is 9.01. The molecule has 0 aromatic carbocycles. The van der Waals surface area contributed by atoms with E-state index in [-0.39, 0.29) is 10.9 Å². The first kappa shape index (κ1) is 25.0. The number of esters is 1. The van der Waals surface area contributed by atoms with Crippen molar-refractivity contribution in [3.8, 4) is 0 Å². The quantitative estimate of drug-likeness (QED) is 0.350. The Bertz CT molecular complexity index is 905. The van der Waals surface area contributed by atoms with Crippen LogP contribution in [0.5, 0.6) is 0 Å². The lowest BCUT2D eigenvalue weighted by Crippen LogP contribution is -2.46. The van der Waals surface area contributed by atoms with Crippen LogP contribution in [0.15, 0.2) is 40.9 Å². The number of nitrogens with zero attached hydrogens (tertiary/aromatic N) is 2. The molecule has 1 aliphatic rings. The third-order valence-electron chi connectivity index (χ3n) is 6.43.